The van der Waals surface area contributed by atoms with E-state index in [0.717, 1.165) is 37.2 Å². The number of hydrogen-bond acceptors (Lipinski definition) is 6. The third-order valence-electron chi connectivity index (χ3n) is 8.37. The van der Waals surface area contributed by atoms with E-state index in [1.807, 2.05) is 25.1 Å². The van der Waals surface area contributed by atoms with E-state index >= 15 is 0 Å². The number of nitrogens with zero attached hydrogens (tertiary/aromatic N) is 4. The molecule has 8 nitrogen and oxygen atoms in total. The van der Waals surface area contributed by atoms with Gasteiger partial charge in [-0.2, -0.15) is 0 Å². The van der Waals surface area contributed by atoms with Crippen molar-refractivity contribution in [1.82, 2.24) is 24.7 Å². The average molecular weight is 525 g/mol. The fourth-order valence-electron chi connectivity index (χ4n) is 5.99. The number of carbonyl (C=O) groups excluding carboxylic acids is 1. The summed E-state index contributed by atoms with van der Waals surface area (Å²) >= 11 is 6.12. The number of anilines is 1. The SMILES string of the molecule is C[C@H]1c2ccc(Cl)cc2CCN1C(=O)CNc1cc2nc(CN3CC4(CCN4C)C3)[nH]c(=O)c2cc1F. The molecule has 2 N–H and O–H groups in total. The Morgan fingerprint density at radius 1 is 1.27 bits per heavy atom. The van der Waals surface area contributed by atoms with Gasteiger partial charge in [-0.1, -0.05) is 17.7 Å². The number of rotatable bonds is 5. The van der Waals surface area contributed by atoms with E-state index in [1.165, 1.54) is 18.6 Å². The van der Waals surface area contributed by atoms with Gasteiger partial charge in [0.05, 0.1) is 35.7 Å². The Morgan fingerprint density at radius 3 is 2.81 bits per heavy atom. The number of carbonyl (C=O) groups is 1. The molecule has 194 valence electrons. The molecule has 0 bridgehead atoms. The number of amides is 1. The van der Waals surface area contributed by atoms with Gasteiger partial charge in [0.2, 0.25) is 5.91 Å². The highest BCUT2D eigenvalue weighted by molar-refractivity contribution is 6.30. The number of halogens is 2. The Balaban J connectivity index is 1.15. The standard InChI is InChI=1S/C27H30ClFN6O2/c1-16-19-4-3-18(28)9-17(19)5-7-35(16)25(36)12-30-23-11-22-20(10-21(23)29)26(37)32-24(31-22)13-34-14-27(15-34)6-8-33(27)2/h3-4,9-11,16,30H,5-8,12-15H2,1-2H3,(H,31,32,37)/t16-/m0/s1. The summed E-state index contributed by atoms with van der Waals surface area (Å²) in [4.78, 5) is 39.5. The molecular formula is C27H30ClFN6O2. The summed E-state index contributed by atoms with van der Waals surface area (Å²) in [5.41, 5.74) is 2.71. The molecule has 0 saturated carbocycles. The van der Waals surface area contributed by atoms with Crippen molar-refractivity contribution in [2.45, 2.75) is 37.9 Å². The molecule has 2 aromatic carbocycles. The van der Waals surface area contributed by atoms with Gasteiger partial charge in [0.25, 0.3) is 5.56 Å². The highest BCUT2D eigenvalue weighted by Crippen LogP contribution is 2.38. The fraction of sp³-hybridized carbons (Fsp3) is 0.444. The van der Waals surface area contributed by atoms with Gasteiger partial charge in [0, 0.05) is 36.7 Å². The van der Waals surface area contributed by atoms with Crippen molar-refractivity contribution in [1.29, 1.82) is 0 Å². The Bertz CT molecular complexity index is 1450. The molecule has 6 rings (SSSR count). The number of aromatic nitrogens is 2. The second-order valence-electron chi connectivity index (χ2n) is 10.6. The minimum atomic E-state index is -0.593. The van der Waals surface area contributed by atoms with Crippen molar-refractivity contribution in [2.24, 2.45) is 0 Å². The van der Waals surface area contributed by atoms with E-state index in [1.54, 1.807) is 4.90 Å². The van der Waals surface area contributed by atoms with E-state index in [-0.39, 0.29) is 40.7 Å². The van der Waals surface area contributed by atoms with E-state index in [4.69, 9.17) is 11.6 Å². The minimum absolute atomic E-state index is 0.0604. The molecule has 3 aromatic rings. The van der Waals surface area contributed by atoms with Crippen LogP contribution in [0.25, 0.3) is 10.9 Å². The number of nitrogens with one attached hydrogen (secondary N) is 2. The smallest absolute Gasteiger partial charge is 0.258 e. The number of H-pyrrole nitrogens is 1. The molecule has 1 amide bonds. The summed E-state index contributed by atoms with van der Waals surface area (Å²) < 4.78 is 14.9. The summed E-state index contributed by atoms with van der Waals surface area (Å²) in [6.45, 7) is 6.08. The van der Waals surface area contributed by atoms with Crippen molar-refractivity contribution in [3.8, 4) is 0 Å². The summed E-state index contributed by atoms with van der Waals surface area (Å²) in [6.07, 6.45) is 1.92. The Morgan fingerprint density at radius 2 is 2.08 bits per heavy atom. The molecule has 0 aliphatic carbocycles. The van der Waals surface area contributed by atoms with Crippen LogP contribution in [0.5, 0.6) is 0 Å². The van der Waals surface area contributed by atoms with Gasteiger partial charge in [0.1, 0.15) is 11.6 Å². The van der Waals surface area contributed by atoms with Crippen LogP contribution in [0, 0.1) is 5.82 Å². The Hall–Kier alpha value is -3.01. The van der Waals surface area contributed by atoms with Crippen molar-refractivity contribution in [3.63, 3.8) is 0 Å². The summed E-state index contributed by atoms with van der Waals surface area (Å²) in [6, 6.07) is 8.35. The lowest BCUT2D eigenvalue weighted by atomic mass is 9.78. The van der Waals surface area contributed by atoms with Gasteiger partial charge in [-0.25, -0.2) is 9.37 Å². The number of benzene rings is 2. The van der Waals surface area contributed by atoms with Crippen LogP contribution < -0.4 is 10.9 Å². The summed E-state index contributed by atoms with van der Waals surface area (Å²) in [7, 11) is 2.14. The van der Waals surface area contributed by atoms with Gasteiger partial charge in [-0.05, 0) is 62.2 Å². The first-order valence-corrected chi connectivity index (χ1v) is 13.1. The molecule has 2 saturated heterocycles. The topological polar surface area (TPSA) is 84.6 Å². The lowest BCUT2D eigenvalue weighted by molar-refractivity contribution is -0.131. The molecule has 1 spiro atoms. The van der Waals surface area contributed by atoms with Crippen molar-refractivity contribution >= 4 is 34.1 Å². The quantitative estimate of drug-likeness (QED) is 0.533. The first kappa shape index (κ1) is 24.3. The lowest BCUT2D eigenvalue weighted by Gasteiger charge is -2.61. The molecule has 37 heavy (non-hydrogen) atoms. The van der Waals surface area contributed by atoms with Crippen LogP contribution in [0.4, 0.5) is 10.1 Å². The Kier molecular flexibility index (Phi) is 5.97. The molecule has 10 heteroatoms. The maximum atomic E-state index is 14.9. The van der Waals surface area contributed by atoms with Crippen LogP contribution in [0.2, 0.25) is 5.02 Å². The highest BCUT2D eigenvalue weighted by Gasteiger charge is 2.51. The number of hydrogen-bond donors (Lipinski definition) is 2. The zero-order chi connectivity index (χ0) is 25.9. The minimum Gasteiger partial charge on any atom is -0.374 e. The third kappa shape index (κ3) is 4.28. The Labute approximate surface area is 219 Å². The van der Waals surface area contributed by atoms with Crippen molar-refractivity contribution in [2.75, 3.05) is 45.1 Å². The molecule has 3 aliphatic rings. The van der Waals surface area contributed by atoms with Crippen molar-refractivity contribution in [3.05, 3.63) is 68.5 Å². The van der Waals surface area contributed by atoms with Crippen LogP contribution in [0.15, 0.2) is 35.1 Å². The van der Waals surface area contributed by atoms with Gasteiger partial charge in [-0.15, -0.1) is 0 Å². The summed E-state index contributed by atoms with van der Waals surface area (Å²) in [5.74, 6) is -0.159. The molecule has 0 unspecified atom stereocenters. The predicted molar refractivity (Wildman–Crippen MR) is 141 cm³/mol. The van der Waals surface area contributed by atoms with Crippen LogP contribution in [0.3, 0.4) is 0 Å². The number of likely N-dealkylation sites (N-methyl/N-ethyl adjacent to an activating group) is 1. The number of aromatic amines is 1. The normalized spacial score (nSPS) is 21.0. The maximum Gasteiger partial charge on any atom is 0.258 e. The van der Waals surface area contributed by atoms with E-state index < -0.39 is 5.82 Å². The van der Waals surface area contributed by atoms with Crippen LogP contribution in [0.1, 0.15) is 36.3 Å². The maximum absolute atomic E-state index is 14.9. The molecule has 1 atom stereocenters. The zero-order valence-electron chi connectivity index (χ0n) is 21.0. The average Bonchev–Trinajstić information content (AvgIpc) is 2.84. The van der Waals surface area contributed by atoms with E-state index in [0.29, 0.717) is 29.5 Å². The van der Waals surface area contributed by atoms with Crippen LogP contribution in [-0.2, 0) is 17.8 Å². The predicted octanol–water partition coefficient (Wildman–Crippen LogP) is 3.16. The van der Waals surface area contributed by atoms with Crippen LogP contribution in [-0.4, -0.2) is 75.9 Å². The molecule has 0 radical (unpaired) electrons. The molecular weight excluding hydrogens is 495 g/mol. The molecule has 2 fully saturated rings. The summed E-state index contributed by atoms with van der Waals surface area (Å²) in [5, 5.41) is 3.81. The second-order valence-corrected chi connectivity index (χ2v) is 11.0. The van der Waals surface area contributed by atoms with Crippen molar-refractivity contribution < 1.29 is 9.18 Å². The first-order valence-electron chi connectivity index (χ1n) is 12.7. The molecule has 1 aromatic heterocycles. The molecule has 3 aliphatic heterocycles. The van der Waals surface area contributed by atoms with Crippen LogP contribution >= 0.6 is 11.6 Å². The second kappa shape index (κ2) is 9.08. The van der Waals surface area contributed by atoms with Gasteiger partial charge in [-0.3, -0.25) is 19.4 Å². The van der Waals surface area contributed by atoms with E-state index in [9.17, 15) is 14.0 Å². The van der Waals surface area contributed by atoms with Gasteiger partial charge < -0.3 is 15.2 Å². The van der Waals surface area contributed by atoms with Gasteiger partial charge >= 0.3 is 0 Å². The first-order chi connectivity index (χ1) is 17.7. The van der Waals surface area contributed by atoms with Gasteiger partial charge in [0.15, 0.2) is 0 Å². The zero-order valence-corrected chi connectivity index (χ0v) is 21.7. The highest BCUT2D eigenvalue weighted by atomic mass is 35.5. The third-order valence-corrected chi connectivity index (χ3v) is 8.60. The number of fused-ring (bicyclic) bond motifs is 2. The lowest BCUT2D eigenvalue weighted by Crippen LogP contribution is -2.75. The fourth-order valence-corrected chi connectivity index (χ4v) is 6.19. The number of likely N-dealkylation sites (tertiary alicyclic amines) is 2. The van der Waals surface area contributed by atoms with E-state index in [2.05, 4.69) is 32.1 Å². The molecule has 4 heterocycles. The monoisotopic (exact) mass is 524 g/mol. The largest absolute Gasteiger partial charge is 0.374 e.